The first-order valence-electron chi connectivity index (χ1n) is 6.48. The molecule has 1 aliphatic rings. The van der Waals surface area contributed by atoms with Crippen molar-refractivity contribution in [2.24, 2.45) is 0 Å². The molecule has 0 aromatic heterocycles. The van der Waals surface area contributed by atoms with Crippen LogP contribution in [0.5, 0.6) is 0 Å². The van der Waals surface area contributed by atoms with Gasteiger partial charge in [-0.25, -0.2) is 0 Å². The predicted octanol–water partition coefficient (Wildman–Crippen LogP) is 3.74. The zero-order valence-corrected chi connectivity index (χ0v) is 11.3. The zero-order chi connectivity index (χ0) is 13.1. The molecule has 0 bridgehead atoms. The maximum atomic E-state index is 6.01. The molecular formula is C16H16ClNO. The molecule has 19 heavy (non-hydrogen) atoms. The highest BCUT2D eigenvalue weighted by atomic mass is 35.5. The number of nitrogens with one attached hydrogen (secondary N) is 1. The summed E-state index contributed by atoms with van der Waals surface area (Å²) < 4.78 is 5.96. The van der Waals surface area contributed by atoms with Crippen LogP contribution < -0.4 is 5.32 Å². The van der Waals surface area contributed by atoms with Crippen LogP contribution in [0.2, 0.25) is 5.02 Å². The molecule has 3 heteroatoms. The summed E-state index contributed by atoms with van der Waals surface area (Å²) in [5.41, 5.74) is 2.40. The molecule has 0 saturated carbocycles. The quantitative estimate of drug-likeness (QED) is 0.900. The number of benzene rings is 2. The number of rotatable bonds is 2. The fourth-order valence-electron chi connectivity index (χ4n) is 2.40. The van der Waals surface area contributed by atoms with Gasteiger partial charge in [0.05, 0.1) is 18.8 Å². The minimum absolute atomic E-state index is 0.0821. The molecule has 2 atom stereocenters. The van der Waals surface area contributed by atoms with E-state index in [-0.39, 0.29) is 12.1 Å². The summed E-state index contributed by atoms with van der Waals surface area (Å²) in [5, 5.41) is 4.29. The number of morpholine rings is 1. The minimum Gasteiger partial charge on any atom is -0.370 e. The summed E-state index contributed by atoms with van der Waals surface area (Å²) in [4.78, 5) is 0. The Morgan fingerprint density at radius 3 is 2.47 bits per heavy atom. The fraction of sp³-hybridized carbons (Fsp3) is 0.250. The van der Waals surface area contributed by atoms with Crippen molar-refractivity contribution in [1.29, 1.82) is 0 Å². The smallest absolute Gasteiger partial charge is 0.0950 e. The maximum absolute atomic E-state index is 6.01. The van der Waals surface area contributed by atoms with E-state index in [9.17, 15) is 0 Å². The third-order valence-corrected chi connectivity index (χ3v) is 3.67. The van der Waals surface area contributed by atoms with Crippen molar-refractivity contribution in [3.63, 3.8) is 0 Å². The Kier molecular flexibility index (Phi) is 3.83. The highest BCUT2D eigenvalue weighted by molar-refractivity contribution is 6.30. The Balaban J connectivity index is 1.67. The number of hydrogen-bond acceptors (Lipinski definition) is 2. The Bertz CT molecular complexity index is 535. The zero-order valence-electron chi connectivity index (χ0n) is 10.6. The molecule has 2 aromatic rings. The highest BCUT2D eigenvalue weighted by Gasteiger charge is 2.23. The highest BCUT2D eigenvalue weighted by Crippen LogP contribution is 2.26. The number of hydrogen-bond donors (Lipinski definition) is 1. The van der Waals surface area contributed by atoms with E-state index in [0.29, 0.717) is 6.61 Å². The second-order valence-corrected chi connectivity index (χ2v) is 5.18. The Morgan fingerprint density at radius 1 is 1.00 bits per heavy atom. The van der Waals surface area contributed by atoms with Gasteiger partial charge in [-0.1, -0.05) is 54.1 Å². The second-order valence-electron chi connectivity index (χ2n) is 4.75. The number of halogens is 1. The van der Waals surface area contributed by atoms with Gasteiger partial charge in [-0.15, -0.1) is 0 Å². The predicted molar refractivity (Wildman–Crippen MR) is 77.3 cm³/mol. The summed E-state index contributed by atoms with van der Waals surface area (Å²) in [6, 6.07) is 18.5. The molecule has 1 N–H and O–H groups in total. The van der Waals surface area contributed by atoms with Crippen LogP contribution in [-0.4, -0.2) is 13.2 Å². The normalized spacial score (nSPS) is 23.2. The lowest BCUT2D eigenvalue weighted by molar-refractivity contribution is 0.00238. The molecular weight excluding hydrogens is 258 g/mol. The van der Waals surface area contributed by atoms with Gasteiger partial charge in [0.25, 0.3) is 0 Å². The molecule has 2 nitrogen and oxygen atoms in total. The van der Waals surface area contributed by atoms with E-state index in [1.807, 2.05) is 24.3 Å². The standard InChI is InChI=1S/C16H16ClNO/c17-14-8-4-7-13(9-14)16-10-18-15(11-19-16)12-5-2-1-3-6-12/h1-9,15-16,18H,10-11H2. The van der Waals surface area contributed by atoms with E-state index < -0.39 is 0 Å². The molecule has 0 radical (unpaired) electrons. The molecule has 2 unspecified atom stereocenters. The van der Waals surface area contributed by atoms with E-state index in [1.54, 1.807) is 0 Å². The molecule has 3 rings (SSSR count). The van der Waals surface area contributed by atoms with E-state index in [0.717, 1.165) is 17.1 Å². The van der Waals surface area contributed by atoms with Gasteiger partial charge in [0.1, 0.15) is 0 Å². The molecule has 1 aliphatic heterocycles. The van der Waals surface area contributed by atoms with Crippen molar-refractivity contribution in [1.82, 2.24) is 5.32 Å². The largest absolute Gasteiger partial charge is 0.370 e. The SMILES string of the molecule is Clc1cccc(C2CNC(c3ccccc3)CO2)c1. The van der Waals surface area contributed by atoms with Crippen molar-refractivity contribution in [2.45, 2.75) is 12.1 Å². The van der Waals surface area contributed by atoms with E-state index >= 15 is 0 Å². The van der Waals surface area contributed by atoms with Gasteiger partial charge in [0.2, 0.25) is 0 Å². The topological polar surface area (TPSA) is 21.3 Å². The summed E-state index contributed by atoms with van der Waals surface area (Å²) in [6.45, 7) is 1.49. The van der Waals surface area contributed by atoms with Crippen molar-refractivity contribution in [3.05, 3.63) is 70.7 Å². The average Bonchev–Trinajstić information content (AvgIpc) is 2.48. The van der Waals surface area contributed by atoms with Gasteiger partial charge >= 0.3 is 0 Å². The second kappa shape index (κ2) is 5.74. The van der Waals surface area contributed by atoms with Crippen LogP contribution >= 0.6 is 11.6 Å². The van der Waals surface area contributed by atoms with Crippen molar-refractivity contribution >= 4 is 11.6 Å². The summed E-state index contributed by atoms with van der Waals surface area (Å²) in [5.74, 6) is 0. The molecule has 98 valence electrons. The third-order valence-electron chi connectivity index (χ3n) is 3.44. The van der Waals surface area contributed by atoms with Gasteiger partial charge < -0.3 is 10.1 Å². The molecule has 1 heterocycles. The first-order chi connectivity index (χ1) is 9.33. The van der Waals surface area contributed by atoms with Gasteiger partial charge in [0.15, 0.2) is 0 Å². The molecule has 0 spiro atoms. The lowest BCUT2D eigenvalue weighted by Crippen LogP contribution is -2.36. The van der Waals surface area contributed by atoms with Crippen molar-refractivity contribution < 1.29 is 4.74 Å². The van der Waals surface area contributed by atoms with Gasteiger partial charge in [-0.05, 0) is 23.3 Å². The Labute approximate surface area is 118 Å². The lowest BCUT2D eigenvalue weighted by atomic mass is 10.0. The molecule has 0 aliphatic carbocycles. The van der Waals surface area contributed by atoms with E-state index in [1.165, 1.54) is 5.56 Å². The average molecular weight is 274 g/mol. The van der Waals surface area contributed by atoms with Crippen LogP contribution in [-0.2, 0) is 4.74 Å². The van der Waals surface area contributed by atoms with Crippen LogP contribution in [0, 0.1) is 0 Å². The van der Waals surface area contributed by atoms with E-state index in [4.69, 9.17) is 16.3 Å². The van der Waals surface area contributed by atoms with Crippen LogP contribution in [0.15, 0.2) is 54.6 Å². The molecule has 1 fully saturated rings. The third kappa shape index (κ3) is 2.98. The fourth-order valence-corrected chi connectivity index (χ4v) is 2.60. The Hall–Kier alpha value is -1.35. The van der Waals surface area contributed by atoms with Crippen LogP contribution in [0.1, 0.15) is 23.3 Å². The van der Waals surface area contributed by atoms with Crippen LogP contribution in [0.3, 0.4) is 0 Å². The molecule has 0 amide bonds. The van der Waals surface area contributed by atoms with Crippen molar-refractivity contribution in [2.75, 3.05) is 13.2 Å². The van der Waals surface area contributed by atoms with Gasteiger partial charge in [0, 0.05) is 11.6 Å². The van der Waals surface area contributed by atoms with E-state index in [2.05, 4.69) is 35.6 Å². The number of ether oxygens (including phenoxy) is 1. The Morgan fingerprint density at radius 2 is 1.79 bits per heavy atom. The van der Waals surface area contributed by atoms with Gasteiger partial charge in [-0.3, -0.25) is 0 Å². The first-order valence-corrected chi connectivity index (χ1v) is 6.86. The first kappa shape index (κ1) is 12.7. The summed E-state index contributed by atoms with van der Waals surface area (Å²) in [7, 11) is 0. The monoisotopic (exact) mass is 273 g/mol. The van der Waals surface area contributed by atoms with Crippen LogP contribution in [0.25, 0.3) is 0 Å². The van der Waals surface area contributed by atoms with Crippen LogP contribution in [0.4, 0.5) is 0 Å². The van der Waals surface area contributed by atoms with Crippen molar-refractivity contribution in [3.8, 4) is 0 Å². The summed E-state index contributed by atoms with van der Waals surface area (Å²) in [6.07, 6.45) is 0.0821. The minimum atomic E-state index is 0.0821. The molecule has 2 aromatic carbocycles. The van der Waals surface area contributed by atoms with Gasteiger partial charge in [-0.2, -0.15) is 0 Å². The maximum Gasteiger partial charge on any atom is 0.0950 e. The summed E-state index contributed by atoms with van der Waals surface area (Å²) >= 11 is 6.01. The molecule has 1 saturated heterocycles. The lowest BCUT2D eigenvalue weighted by Gasteiger charge is -2.31.